The Hall–Kier alpha value is -1.90. The van der Waals surface area contributed by atoms with E-state index < -0.39 is 0 Å². The van der Waals surface area contributed by atoms with Crippen molar-refractivity contribution in [2.24, 2.45) is 0 Å². The Kier molecular flexibility index (Phi) is 2.52. The summed E-state index contributed by atoms with van der Waals surface area (Å²) in [6, 6.07) is 9.80. The van der Waals surface area contributed by atoms with Crippen molar-refractivity contribution in [3.63, 3.8) is 0 Å². The Morgan fingerprint density at radius 3 is 2.76 bits per heavy atom. The summed E-state index contributed by atoms with van der Waals surface area (Å²) in [4.78, 5) is 18.4. The maximum atomic E-state index is 12.2. The van der Waals surface area contributed by atoms with Crippen LogP contribution < -0.4 is 0 Å². The molecule has 1 aliphatic heterocycles. The second-order valence-corrected chi connectivity index (χ2v) is 4.42. The predicted molar refractivity (Wildman–Crippen MR) is 66.9 cm³/mol. The van der Waals surface area contributed by atoms with Gasteiger partial charge in [-0.25, -0.2) is 0 Å². The topological polar surface area (TPSA) is 33.2 Å². The molecule has 1 saturated heterocycles. The van der Waals surface area contributed by atoms with E-state index in [0.29, 0.717) is 5.56 Å². The van der Waals surface area contributed by atoms with Gasteiger partial charge in [-0.05, 0) is 25.0 Å². The molecule has 3 rings (SSSR count). The highest BCUT2D eigenvalue weighted by Gasteiger charge is 2.19. The first-order valence-electron chi connectivity index (χ1n) is 5.99. The summed E-state index contributed by atoms with van der Waals surface area (Å²) in [5.74, 6) is 0.112. The highest BCUT2D eigenvalue weighted by molar-refractivity contribution is 5.97. The molecule has 0 atom stereocenters. The van der Waals surface area contributed by atoms with Crippen LogP contribution in [0.5, 0.6) is 0 Å². The third-order valence-corrected chi connectivity index (χ3v) is 3.23. The van der Waals surface area contributed by atoms with Crippen molar-refractivity contribution in [3.05, 3.63) is 42.1 Å². The van der Waals surface area contributed by atoms with Crippen molar-refractivity contribution in [2.45, 2.75) is 12.8 Å². The van der Waals surface area contributed by atoms with Gasteiger partial charge >= 0.3 is 0 Å². The summed E-state index contributed by atoms with van der Waals surface area (Å²) in [7, 11) is 0. The van der Waals surface area contributed by atoms with Crippen LogP contribution in [0, 0.1) is 0 Å². The van der Waals surface area contributed by atoms with Gasteiger partial charge in [0, 0.05) is 24.7 Å². The van der Waals surface area contributed by atoms with Crippen LogP contribution in [-0.2, 0) is 0 Å². The molecule has 2 aromatic rings. The predicted octanol–water partition coefficient (Wildman–Crippen LogP) is 2.47. The third-order valence-electron chi connectivity index (χ3n) is 3.23. The molecule has 0 bridgehead atoms. The molecule has 17 heavy (non-hydrogen) atoms. The van der Waals surface area contributed by atoms with Gasteiger partial charge in [-0.15, -0.1) is 0 Å². The largest absolute Gasteiger partial charge is 0.339 e. The normalized spacial score (nSPS) is 15.4. The van der Waals surface area contributed by atoms with Crippen LogP contribution in [-0.4, -0.2) is 28.9 Å². The van der Waals surface area contributed by atoms with Crippen LogP contribution >= 0.6 is 0 Å². The van der Waals surface area contributed by atoms with Gasteiger partial charge in [0.15, 0.2) is 0 Å². The zero-order valence-electron chi connectivity index (χ0n) is 9.60. The van der Waals surface area contributed by atoms with Gasteiger partial charge in [-0.3, -0.25) is 9.78 Å². The molecule has 0 saturated carbocycles. The molecule has 0 unspecified atom stereocenters. The Morgan fingerprint density at radius 2 is 1.94 bits per heavy atom. The van der Waals surface area contributed by atoms with E-state index in [1.54, 1.807) is 6.20 Å². The maximum Gasteiger partial charge on any atom is 0.255 e. The van der Waals surface area contributed by atoms with Crippen molar-refractivity contribution >= 4 is 16.8 Å². The lowest BCUT2D eigenvalue weighted by molar-refractivity contribution is 0.0792. The Bertz CT molecular complexity index is 559. The van der Waals surface area contributed by atoms with Crippen molar-refractivity contribution in [1.29, 1.82) is 0 Å². The van der Waals surface area contributed by atoms with E-state index in [2.05, 4.69) is 4.98 Å². The Balaban J connectivity index is 1.97. The number of rotatable bonds is 1. The fourth-order valence-electron chi connectivity index (χ4n) is 2.29. The molecule has 2 heterocycles. The van der Waals surface area contributed by atoms with Gasteiger partial charge in [-0.1, -0.05) is 18.2 Å². The van der Waals surface area contributed by atoms with Crippen LogP contribution in [0.1, 0.15) is 23.2 Å². The van der Waals surface area contributed by atoms with E-state index in [1.165, 1.54) is 0 Å². The van der Waals surface area contributed by atoms with Gasteiger partial charge in [0.1, 0.15) is 0 Å². The van der Waals surface area contributed by atoms with E-state index in [4.69, 9.17) is 0 Å². The first-order chi connectivity index (χ1) is 8.34. The minimum atomic E-state index is 0.112. The first-order valence-corrected chi connectivity index (χ1v) is 5.99. The molecular formula is C14H14N2O. The van der Waals surface area contributed by atoms with E-state index >= 15 is 0 Å². The Labute approximate surface area is 100 Å². The number of para-hydroxylation sites is 1. The summed E-state index contributed by atoms with van der Waals surface area (Å²) in [5, 5.41) is 1.03. The van der Waals surface area contributed by atoms with Crippen molar-refractivity contribution < 1.29 is 4.79 Å². The van der Waals surface area contributed by atoms with Crippen LogP contribution in [0.3, 0.4) is 0 Å². The molecular weight excluding hydrogens is 212 g/mol. The molecule has 1 fully saturated rings. The molecule has 0 spiro atoms. The zero-order valence-corrected chi connectivity index (χ0v) is 9.60. The molecule has 0 N–H and O–H groups in total. The summed E-state index contributed by atoms with van der Waals surface area (Å²) in [6.45, 7) is 1.76. The highest BCUT2D eigenvalue weighted by Crippen LogP contribution is 2.16. The molecule has 1 amide bonds. The molecule has 0 radical (unpaired) electrons. The number of amides is 1. The Morgan fingerprint density at radius 1 is 1.18 bits per heavy atom. The molecule has 3 nitrogen and oxygen atoms in total. The van der Waals surface area contributed by atoms with Crippen LogP contribution in [0.15, 0.2) is 36.5 Å². The summed E-state index contributed by atoms with van der Waals surface area (Å²) < 4.78 is 0. The van der Waals surface area contributed by atoms with E-state index in [9.17, 15) is 4.79 Å². The van der Waals surface area contributed by atoms with Gasteiger partial charge < -0.3 is 4.90 Å². The second kappa shape index (κ2) is 4.17. The number of benzene rings is 1. The number of carbonyl (C=O) groups excluding carboxylic acids is 1. The minimum absolute atomic E-state index is 0.112. The SMILES string of the molecule is O=C(c1cnc2ccccc2c1)N1CCCC1. The van der Waals surface area contributed by atoms with Crippen molar-refractivity contribution in [2.75, 3.05) is 13.1 Å². The number of aromatic nitrogens is 1. The monoisotopic (exact) mass is 226 g/mol. The fraction of sp³-hybridized carbons (Fsp3) is 0.286. The molecule has 1 aromatic heterocycles. The highest BCUT2D eigenvalue weighted by atomic mass is 16.2. The standard InChI is InChI=1S/C14H14N2O/c17-14(16-7-3-4-8-16)12-9-11-5-1-2-6-13(11)15-10-12/h1-2,5-6,9-10H,3-4,7-8H2. The molecule has 0 aliphatic carbocycles. The number of pyridine rings is 1. The van der Waals surface area contributed by atoms with Gasteiger partial charge in [-0.2, -0.15) is 0 Å². The minimum Gasteiger partial charge on any atom is -0.339 e. The summed E-state index contributed by atoms with van der Waals surface area (Å²) in [5.41, 5.74) is 1.64. The van der Waals surface area contributed by atoms with Crippen LogP contribution in [0.4, 0.5) is 0 Å². The lowest BCUT2D eigenvalue weighted by Gasteiger charge is -2.15. The second-order valence-electron chi connectivity index (χ2n) is 4.42. The van der Waals surface area contributed by atoms with Crippen molar-refractivity contribution in [3.8, 4) is 0 Å². The van der Waals surface area contributed by atoms with E-state index in [1.807, 2.05) is 35.2 Å². The average Bonchev–Trinajstić information content (AvgIpc) is 2.91. The van der Waals surface area contributed by atoms with Gasteiger partial charge in [0.05, 0.1) is 11.1 Å². The lowest BCUT2D eigenvalue weighted by Crippen LogP contribution is -2.27. The van der Waals surface area contributed by atoms with Crippen LogP contribution in [0.2, 0.25) is 0 Å². The van der Waals surface area contributed by atoms with E-state index in [0.717, 1.165) is 36.8 Å². The zero-order chi connectivity index (χ0) is 11.7. The number of hydrogen-bond donors (Lipinski definition) is 0. The van der Waals surface area contributed by atoms with Crippen molar-refractivity contribution in [1.82, 2.24) is 9.88 Å². The summed E-state index contributed by atoms with van der Waals surface area (Å²) >= 11 is 0. The van der Waals surface area contributed by atoms with E-state index in [-0.39, 0.29) is 5.91 Å². The summed E-state index contributed by atoms with van der Waals surface area (Å²) in [6.07, 6.45) is 3.92. The molecule has 86 valence electrons. The maximum absolute atomic E-state index is 12.2. The smallest absolute Gasteiger partial charge is 0.255 e. The van der Waals surface area contributed by atoms with Gasteiger partial charge in [0.2, 0.25) is 0 Å². The first kappa shape index (κ1) is 10.3. The van der Waals surface area contributed by atoms with Gasteiger partial charge in [0.25, 0.3) is 5.91 Å². The number of hydrogen-bond acceptors (Lipinski definition) is 2. The molecule has 1 aromatic carbocycles. The lowest BCUT2D eigenvalue weighted by atomic mass is 10.1. The number of fused-ring (bicyclic) bond motifs is 1. The molecule has 3 heteroatoms. The molecule has 1 aliphatic rings. The third kappa shape index (κ3) is 1.88. The fourth-order valence-corrected chi connectivity index (χ4v) is 2.29. The average molecular weight is 226 g/mol. The quantitative estimate of drug-likeness (QED) is 0.748. The number of likely N-dealkylation sites (tertiary alicyclic amines) is 1. The number of nitrogens with zero attached hydrogens (tertiary/aromatic N) is 2. The van der Waals surface area contributed by atoms with Crippen LogP contribution in [0.25, 0.3) is 10.9 Å². The number of carbonyl (C=O) groups is 1.